The van der Waals surface area contributed by atoms with Crippen LogP contribution in [0.4, 0.5) is 0 Å². The maximum atomic E-state index is 10.9. The summed E-state index contributed by atoms with van der Waals surface area (Å²) in [6, 6.07) is 9.96. The molecule has 0 spiro atoms. The molecule has 5 nitrogen and oxygen atoms in total. The standard InChI is InChI=1S/C13H8N2O3/c16-13(17)9-4-1-3-8(7-9)12-15-11-10(18-12)5-2-6-14-11/h1-7H,(H,16,17). The topological polar surface area (TPSA) is 76.2 Å². The van der Waals surface area contributed by atoms with Gasteiger partial charge in [0.1, 0.15) is 0 Å². The molecule has 0 unspecified atom stereocenters. The molecule has 3 aromatic rings. The molecule has 0 fully saturated rings. The van der Waals surface area contributed by atoms with Crippen LogP contribution in [-0.2, 0) is 0 Å². The van der Waals surface area contributed by atoms with Crippen molar-refractivity contribution < 1.29 is 14.3 Å². The van der Waals surface area contributed by atoms with Gasteiger partial charge < -0.3 is 9.52 Å². The molecule has 88 valence electrons. The van der Waals surface area contributed by atoms with E-state index in [0.717, 1.165) is 0 Å². The minimum absolute atomic E-state index is 0.197. The number of fused-ring (bicyclic) bond motifs is 1. The number of rotatable bonds is 2. The van der Waals surface area contributed by atoms with Crippen molar-refractivity contribution in [1.29, 1.82) is 0 Å². The molecule has 0 saturated heterocycles. The van der Waals surface area contributed by atoms with E-state index in [1.165, 1.54) is 12.1 Å². The van der Waals surface area contributed by atoms with Crippen LogP contribution in [0.2, 0.25) is 0 Å². The summed E-state index contributed by atoms with van der Waals surface area (Å²) in [4.78, 5) is 19.2. The lowest BCUT2D eigenvalue weighted by molar-refractivity contribution is 0.0697. The number of carboxylic acid groups (broad SMARTS) is 1. The van der Waals surface area contributed by atoms with Gasteiger partial charge in [0.05, 0.1) is 5.56 Å². The quantitative estimate of drug-likeness (QED) is 0.745. The van der Waals surface area contributed by atoms with E-state index in [0.29, 0.717) is 22.7 Å². The number of benzene rings is 1. The number of carbonyl (C=O) groups is 1. The van der Waals surface area contributed by atoms with E-state index in [1.54, 1.807) is 30.5 Å². The van der Waals surface area contributed by atoms with Gasteiger partial charge in [-0.1, -0.05) is 6.07 Å². The Morgan fingerprint density at radius 2 is 2.11 bits per heavy atom. The number of hydrogen-bond donors (Lipinski definition) is 1. The third kappa shape index (κ3) is 1.71. The van der Waals surface area contributed by atoms with Gasteiger partial charge in [-0.05, 0) is 30.3 Å². The predicted molar refractivity (Wildman–Crippen MR) is 64.2 cm³/mol. The molecule has 0 aliphatic carbocycles. The average Bonchev–Trinajstić information content (AvgIpc) is 2.82. The first-order chi connectivity index (χ1) is 8.74. The minimum Gasteiger partial charge on any atom is -0.478 e. The van der Waals surface area contributed by atoms with Crippen LogP contribution in [0.15, 0.2) is 47.0 Å². The second-order valence-electron chi connectivity index (χ2n) is 3.73. The smallest absolute Gasteiger partial charge is 0.335 e. The van der Waals surface area contributed by atoms with Gasteiger partial charge >= 0.3 is 5.97 Å². The Bertz CT molecular complexity index is 701. The fourth-order valence-corrected chi connectivity index (χ4v) is 1.68. The minimum atomic E-state index is -0.980. The zero-order valence-electron chi connectivity index (χ0n) is 9.20. The summed E-state index contributed by atoms with van der Waals surface area (Å²) in [5, 5.41) is 8.93. The van der Waals surface area contributed by atoms with Crippen molar-refractivity contribution in [1.82, 2.24) is 9.97 Å². The normalized spacial score (nSPS) is 10.7. The number of hydrogen-bond acceptors (Lipinski definition) is 4. The van der Waals surface area contributed by atoms with E-state index < -0.39 is 5.97 Å². The van der Waals surface area contributed by atoms with Gasteiger partial charge in [-0.3, -0.25) is 0 Å². The Kier molecular flexibility index (Phi) is 2.30. The largest absolute Gasteiger partial charge is 0.478 e. The molecule has 0 atom stereocenters. The fraction of sp³-hybridized carbons (Fsp3) is 0. The van der Waals surface area contributed by atoms with E-state index in [9.17, 15) is 4.79 Å². The first kappa shape index (κ1) is 10.5. The molecular formula is C13H8N2O3. The fourth-order valence-electron chi connectivity index (χ4n) is 1.68. The first-order valence-electron chi connectivity index (χ1n) is 5.29. The van der Waals surface area contributed by atoms with Crippen LogP contribution in [-0.4, -0.2) is 21.0 Å². The maximum absolute atomic E-state index is 10.9. The van der Waals surface area contributed by atoms with Crippen LogP contribution in [0.1, 0.15) is 10.4 Å². The van der Waals surface area contributed by atoms with Crippen molar-refractivity contribution in [2.75, 3.05) is 0 Å². The molecule has 0 aliphatic rings. The highest BCUT2D eigenvalue weighted by Crippen LogP contribution is 2.23. The van der Waals surface area contributed by atoms with E-state index in [2.05, 4.69) is 9.97 Å². The van der Waals surface area contributed by atoms with Crippen molar-refractivity contribution in [3.63, 3.8) is 0 Å². The highest BCUT2D eigenvalue weighted by molar-refractivity contribution is 5.89. The van der Waals surface area contributed by atoms with E-state index in [4.69, 9.17) is 9.52 Å². The molecule has 3 rings (SSSR count). The summed E-state index contributed by atoms with van der Waals surface area (Å²) in [5.41, 5.74) is 1.90. The van der Waals surface area contributed by atoms with Gasteiger partial charge in [-0.25, -0.2) is 9.78 Å². The number of aromatic carboxylic acids is 1. The Hall–Kier alpha value is -2.69. The summed E-state index contributed by atoms with van der Waals surface area (Å²) < 4.78 is 5.52. The number of oxazole rings is 1. The monoisotopic (exact) mass is 240 g/mol. The second kappa shape index (κ2) is 3.96. The zero-order chi connectivity index (χ0) is 12.5. The van der Waals surface area contributed by atoms with E-state index in [1.807, 2.05) is 0 Å². The molecule has 0 radical (unpaired) electrons. The van der Waals surface area contributed by atoms with Crippen LogP contribution in [0.25, 0.3) is 22.7 Å². The molecule has 2 heterocycles. The van der Waals surface area contributed by atoms with Crippen molar-refractivity contribution in [3.8, 4) is 11.5 Å². The second-order valence-corrected chi connectivity index (χ2v) is 3.73. The summed E-state index contributed by atoms with van der Waals surface area (Å²) in [5.74, 6) is -0.613. The van der Waals surface area contributed by atoms with E-state index in [-0.39, 0.29) is 5.56 Å². The van der Waals surface area contributed by atoms with Gasteiger partial charge in [-0.15, -0.1) is 0 Å². The Morgan fingerprint density at radius 1 is 1.22 bits per heavy atom. The van der Waals surface area contributed by atoms with Gasteiger partial charge in [0.2, 0.25) is 5.89 Å². The summed E-state index contributed by atoms with van der Waals surface area (Å²) >= 11 is 0. The molecule has 18 heavy (non-hydrogen) atoms. The molecular weight excluding hydrogens is 232 g/mol. The Balaban J connectivity index is 2.13. The van der Waals surface area contributed by atoms with Crippen LogP contribution in [0.5, 0.6) is 0 Å². The molecule has 2 aromatic heterocycles. The third-order valence-corrected chi connectivity index (χ3v) is 2.52. The lowest BCUT2D eigenvalue weighted by Crippen LogP contribution is -1.95. The van der Waals surface area contributed by atoms with Gasteiger partial charge in [-0.2, -0.15) is 4.98 Å². The van der Waals surface area contributed by atoms with Gasteiger partial charge in [0.15, 0.2) is 11.2 Å². The number of aromatic nitrogens is 2. The molecule has 0 amide bonds. The summed E-state index contributed by atoms with van der Waals surface area (Å²) in [7, 11) is 0. The van der Waals surface area contributed by atoms with E-state index >= 15 is 0 Å². The Morgan fingerprint density at radius 3 is 2.89 bits per heavy atom. The van der Waals surface area contributed by atoms with Crippen LogP contribution in [0.3, 0.4) is 0 Å². The highest BCUT2D eigenvalue weighted by atomic mass is 16.4. The zero-order valence-corrected chi connectivity index (χ0v) is 9.20. The van der Waals surface area contributed by atoms with Crippen molar-refractivity contribution in [2.45, 2.75) is 0 Å². The average molecular weight is 240 g/mol. The lowest BCUT2D eigenvalue weighted by atomic mass is 10.1. The van der Waals surface area contributed by atoms with Gasteiger partial charge in [0, 0.05) is 11.8 Å². The molecule has 1 N–H and O–H groups in total. The molecule has 5 heteroatoms. The number of pyridine rings is 1. The Labute approximate surface area is 102 Å². The molecule has 1 aromatic carbocycles. The van der Waals surface area contributed by atoms with Crippen LogP contribution >= 0.6 is 0 Å². The molecule has 0 aliphatic heterocycles. The number of carboxylic acids is 1. The van der Waals surface area contributed by atoms with Crippen LogP contribution < -0.4 is 0 Å². The first-order valence-corrected chi connectivity index (χ1v) is 5.29. The predicted octanol–water partition coefficient (Wildman–Crippen LogP) is 2.59. The molecule has 0 saturated carbocycles. The SMILES string of the molecule is O=C(O)c1cccc(-c2nc3ncccc3o2)c1. The van der Waals surface area contributed by atoms with Crippen molar-refractivity contribution >= 4 is 17.2 Å². The van der Waals surface area contributed by atoms with Crippen molar-refractivity contribution in [2.24, 2.45) is 0 Å². The third-order valence-electron chi connectivity index (χ3n) is 2.52. The summed E-state index contributed by atoms with van der Waals surface area (Å²) in [6.45, 7) is 0. The molecule has 0 bridgehead atoms. The summed E-state index contributed by atoms with van der Waals surface area (Å²) in [6.07, 6.45) is 1.63. The maximum Gasteiger partial charge on any atom is 0.335 e. The van der Waals surface area contributed by atoms with Crippen LogP contribution in [0, 0.1) is 0 Å². The highest BCUT2D eigenvalue weighted by Gasteiger charge is 2.10. The number of nitrogens with zero attached hydrogens (tertiary/aromatic N) is 2. The van der Waals surface area contributed by atoms with Crippen molar-refractivity contribution in [3.05, 3.63) is 48.2 Å². The van der Waals surface area contributed by atoms with Gasteiger partial charge in [0.25, 0.3) is 0 Å². The lowest BCUT2D eigenvalue weighted by Gasteiger charge is -1.97.